The molecule has 1 saturated heterocycles. The van der Waals surface area contributed by atoms with Crippen LogP contribution in [-0.2, 0) is 28.9 Å². The number of thiophene rings is 1. The van der Waals surface area contributed by atoms with E-state index in [0.717, 1.165) is 24.7 Å². The molecule has 0 saturated carbocycles. The van der Waals surface area contributed by atoms with E-state index in [0.29, 0.717) is 17.3 Å². The lowest BCUT2D eigenvalue weighted by Gasteiger charge is -2.20. The van der Waals surface area contributed by atoms with Crippen molar-refractivity contribution in [3.8, 4) is 11.1 Å². The van der Waals surface area contributed by atoms with Crippen molar-refractivity contribution in [1.29, 1.82) is 0 Å². The van der Waals surface area contributed by atoms with Crippen molar-refractivity contribution < 1.29 is 49.8 Å². The van der Waals surface area contributed by atoms with Gasteiger partial charge in [0.05, 0.1) is 17.5 Å². The van der Waals surface area contributed by atoms with Gasteiger partial charge in [-0.15, -0.1) is 11.3 Å². The highest BCUT2D eigenvalue weighted by Crippen LogP contribution is 2.38. The van der Waals surface area contributed by atoms with Gasteiger partial charge in [0.2, 0.25) is 5.91 Å². The zero-order chi connectivity index (χ0) is 32.3. The van der Waals surface area contributed by atoms with Crippen molar-refractivity contribution in [2.45, 2.75) is 51.9 Å². The fourth-order valence-corrected chi connectivity index (χ4v) is 5.56. The van der Waals surface area contributed by atoms with Gasteiger partial charge in [0.25, 0.3) is 5.56 Å². The van der Waals surface area contributed by atoms with Crippen molar-refractivity contribution >= 4 is 33.3 Å². The quantitative estimate of drug-likeness (QED) is 0.324. The van der Waals surface area contributed by atoms with Crippen LogP contribution in [0.2, 0.25) is 0 Å². The minimum absolute atomic E-state index is 0.0262. The molecule has 0 bridgehead atoms. The third-order valence-corrected chi connectivity index (χ3v) is 7.83. The van der Waals surface area contributed by atoms with Crippen molar-refractivity contribution in [2.24, 2.45) is 0 Å². The number of alkyl halides is 7. The molecule has 7 nitrogen and oxygen atoms in total. The Bertz CT molecular complexity index is 1530. The predicted molar refractivity (Wildman–Crippen MR) is 143 cm³/mol. The smallest absolute Gasteiger partial charge is 0.475 e. The highest BCUT2D eigenvalue weighted by molar-refractivity contribution is 7.18. The molecule has 1 N–H and O–H groups in total. The number of likely N-dealkylation sites (tertiary alicyclic amines) is 1. The first-order chi connectivity index (χ1) is 20.0. The zero-order valence-electron chi connectivity index (χ0n) is 22.9. The Hall–Kier alpha value is -3.53. The van der Waals surface area contributed by atoms with Gasteiger partial charge in [0.15, 0.2) is 0 Å². The molecule has 0 radical (unpaired) electrons. The summed E-state index contributed by atoms with van der Waals surface area (Å²) in [7, 11) is 0. The number of carbonyl (C=O) groups is 2. The number of amides is 1. The molecule has 3 aromatic rings. The second kappa shape index (κ2) is 13.4. The van der Waals surface area contributed by atoms with E-state index >= 15 is 0 Å². The number of aromatic nitrogens is 1. The molecule has 4 rings (SSSR count). The van der Waals surface area contributed by atoms with E-state index < -0.39 is 47.3 Å². The lowest BCUT2D eigenvalue weighted by Crippen LogP contribution is -2.35. The van der Waals surface area contributed by atoms with Crippen LogP contribution >= 0.6 is 11.3 Å². The van der Waals surface area contributed by atoms with Gasteiger partial charge in [-0.05, 0) is 37.2 Å². The summed E-state index contributed by atoms with van der Waals surface area (Å²) in [5.41, 5.74) is -0.890. The van der Waals surface area contributed by atoms with Crippen LogP contribution in [0.1, 0.15) is 31.4 Å². The normalized spacial score (nSPS) is 15.6. The van der Waals surface area contributed by atoms with Crippen LogP contribution in [0.25, 0.3) is 21.2 Å². The average Bonchev–Trinajstić information content (AvgIpc) is 3.56. The van der Waals surface area contributed by atoms with Crippen molar-refractivity contribution in [3.63, 3.8) is 0 Å². The minimum atomic E-state index is -5.08. The van der Waals surface area contributed by atoms with E-state index in [-0.39, 0.29) is 42.6 Å². The number of pyridine rings is 1. The van der Waals surface area contributed by atoms with E-state index in [1.54, 1.807) is 11.6 Å². The second-order valence-corrected chi connectivity index (χ2v) is 10.5. The lowest BCUT2D eigenvalue weighted by atomic mass is 10.0. The number of halogens is 8. The number of nitrogens with zero attached hydrogens (tertiary/aromatic N) is 3. The highest BCUT2D eigenvalue weighted by atomic mass is 32.1. The standard InChI is InChI=1S/C25H26F5N3O2S.C2HF3O2/c1-3-31(4-2)10-16-11-33(13-21(34)32-8-7-17(26)12-32)24(35)22-18(14-36-23(16)22)15-5-6-20(27)19(9-15)25(28,29)30;3-2(4,5)1(6)7/h5-6,9,11,14,17H,3-4,7-8,10,12-13H2,1-2H3;(H,6,7). The molecule has 0 spiro atoms. The van der Waals surface area contributed by atoms with E-state index in [1.807, 2.05) is 13.8 Å². The minimum Gasteiger partial charge on any atom is -0.475 e. The van der Waals surface area contributed by atoms with E-state index in [2.05, 4.69) is 4.90 Å². The molecule has 1 amide bonds. The Morgan fingerprint density at radius 1 is 1.12 bits per heavy atom. The van der Waals surface area contributed by atoms with Gasteiger partial charge >= 0.3 is 18.3 Å². The molecular weight excluding hydrogens is 614 g/mol. The average molecular weight is 642 g/mol. The fourth-order valence-electron chi connectivity index (χ4n) is 4.49. The van der Waals surface area contributed by atoms with Crippen LogP contribution in [0.15, 0.2) is 34.6 Å². The first kappa shape index (κ1) is 34.0. The number of rotatable bonds is 7. The highest BCUT2D eigenvalue weighted by Gasteiger charge is 2.38. The van der Waals surface area contributed by atoms with Gasteiger partial charge < -0.3 is 14.6 Å². The van der Waals surface area contributed by atoms with Gasteiger partial charge in [-0.1, -0.05) is 19.9 Å². The van der Waals surface area contributed by atoms with Gasteiger partial charge in [-0.3, -0.25) is 14.5 Å². The Morgan fingerprint density at radius 2 is 1.74 bits per heavy atom. The number of hydrogen-bond donors (Lipinski definition) is 1. The van der Waals surface area contributed by atoms with Crippen LogP contribution in [-0.4, -0.2) is 69.9 Å². The number of hydrogen-bond acceptors (Lipinski definition) is 5. The molecule has 2 aromatic heterocycles. The maximum atomic E-state index is 13.9. The van der Waals surface area contributed by atoms with Crippen LogP contribution in [0.3, 0.4) is 0 Å². The van der Waals surface area contributed by atoms with Crippen molar-refractivity contribution in [3.05, 3.63) is 57.1 Å². The second-order valence-electron chi connectivity index (χ2n) is 9.62. The summed E-state index contributed by atoms with van der Waals surface area (Å²) in [5.74, 6) is -4.55. The first-order valence-electron chi connectivity index (χ1n) is 12.9. The molecule has 1 unspecified atom stereocenters. The number of aliphatic carboxylic acids is 1. The molecule has 16 heteroatoms. The molecule has 43 heavy (non-hydrogen) atoms. The van der Waals surface area contributed by atoms with Crippen molar-refractivity contribution in [2.75, 3.05) is 26.2 Å². The number of fused-ring (bicyclic) bond motifs is 1. The Labute approximate surface area is 243 Å². The van der Waals surface area contributed by atoms with E-state index in [1.165, 1.54) is 26.9 Å². The van der Waals surface area contributed by atoms with Crippen LogP contribution < -0.4 is 5.56 Å². The Morgan fingerprint density at radius 3 is 2.26 bits per heavy atom. The van der Waals surface area contributed by atoms with Gasteiger partial charge in [0, 0.05) is 40.5 Å². The third-order valence-electron chi connectivity index (χ3n) is 6.77. The van der Waals surface area contributed by atoms with E-state index in [4.69, 9.17) is 9.90 Å². The molecule has 1 aliphatic heterocycles. The number of benzene rings is 1. The zero-order valence-corrected chi connectivity index (χ0v) is 23.7. The molecular formula is C27H27F8N3O4S. The molecule has 1 atom stereocenters. The van der Waals surface area contributed by atoms with E-state index in [9.17, 15) is 44.7 Å². The summed E-state index contributed by atoms with van der Waals surface area (Å²) in [6.45, 7) is 5.82. The van der Waals surface area contributed by atoms with Gasteiger partial charge in [-0.25, -0.2) is 13.6 Å². The molecule has 1 fully saturated rings. The summed E-state index contributed by atoms with van der Waals surface area (Å²) in [6.07, 6.45) is -9.23. The first-order valence-corrected chi connectivity index (χ1v) is 13.8. The Kier molecular flexibility index (Phi) is 10.6. The number of carbonyl (C=O) groups excluding carboxylic acids is 1. The van der Waals surface area contributed by atoms with Crippen LogP contribution in [0, 0.1) is 5.82 Å². The number of carboxylic acids is 1. The summed E-state index contributed by atoms with van der Waals surface area (Å²) < 4.78 is 101. The maximum Gasteiger partial charge on any atom is 0.490 e. The summed E-state index contributed by atoms with van der Waals surface area (Å²) in [4.78, 5) is 38.7. The van der Waals surface area contributed by atoms with Crippen LogP contribution in [0.4, 0.5) is 35.1 Å². The summed E-state index contributed by atoms with van der Waals surface area (Å²) in [6, 6.07) is 2.66. The predicted octanol–water partition coefficient (Wildman–Crippen LogP) is 5.93. The Balaban J connectivity index is 0.000000646. The fraction of sp³-hybridized carbons (Fsp3) is 0.444. The summed E-state index contributed by atoms with van der Waals surface area (Å²) in [5, 5.41) is 8.90. The molecule has 1 aromatic carbocycles. The molecule has 236 valence electrons. The number of carboxylic acid groups (broad SMARTS) is 1. The molecule has 3 heterocycles. The van der Waals surface area contributed by atoms with Crippen LogP contribution in [0.5, 0.6) is 0 Å². The maximum absolute atomic E-state index is 13.9. The monoisotopic (exact) mass is 641 g/mol. The third kappa shape index (κ3) is 8.10. The molecule has 1 aliphatic rings. The lowest BCUT2D eigenvalue weighted by molar-refractivity contribution is -0.192. The largest absolute Gasteiger partial charge is 0.490 e. The summed E-state index contributed by atoms with van der Waals surface area (Å²) >= 11 is 1.22. The van der Waals surface area contributed by atoms with Crippen molar-refractivity contribution in [1.82, 2.24) is 14.4 Å². The SMILES string of the molecule is CCN(CC)Cc1cn(CC(=O)N2CCC(F)C2)c(=O)c2c(-c3ccc(F)c(C(F)(F)F)c3)csc12.O=C(O)C(F)(F)F. The van der Waals surface area contributed by atoms with Gasteiger partial charge in [-0.2, -0.15) is 26.3 Å². The topological polar surface area (TPSA) is 82.9 Å². The molecule has 0 aliphatic carbocycles. The van der Waals surface area contributed by atoms with Gasteiger partial charge in [0.1, 0.15) is 18.5 Å².